The molecule has 3 aromatic heterocycles. The first-order valence-electron chi connectivity index (χ1n) is 8.51. The molecule has 0 saturated carbocycles. The zero-order valence-electron chi connectivity index (χ0n) is 15.0. The number of hydrogen-bond acceptors (Lipinski definition) is 6. The van der Waals surface area contributed by atoms with E-state index in [1.165, 1.54) is 13.3 Å². The van der Waals surface area contributed by atoms with Gasteiger partial charge in [0.05, 0.1) is 23.9 Å². The van der Waals surface area contributed by atoms with Gasteiger partial charge in [0.1, 0.15) is 5.69 Å². The topological polar surface area (TPSA) is 97.2 Å². The first-order valence-corrected chi connectivity index (χ1v) is 8.51. The zero-order valence-corrected chi connectivity index (χ0v) is 15.0. The first-order chi connectivity index (χ1) is 13.7. The number of hydroxylamine groups is 1. The van der Waals surface area contributed by atoms with Gasteiger partial charge in [0, 0.05) is 35.1 Å². The molecule has 28 heavy (non-hydrogen) atoms. The van der Waals surface area contributed by atoms with Crippen molar-refractivity contribution in [3.8, 4) is 28.3 Å². The molecule has 0 aliphatic carbocycles. The monoisotopic (exact) mass is 372 g/mol. The van der Waals surface area contributed by atoms with Gasteiger partial charge in [-0.3, -0.25) is 20.0 Å². The van der Waals surface area contributed by atoms with Crippen molar-refractivity contribution >= 4 is 16.8 Å². The molecule has 4 rings (SSSR count). The van der Waals surface area contributed by atoms with Crippen molar-refractivity contribution in [1.29, 1.82) is 0 Å². The number of aromatic nitrogens is 3. The molecular weight excluding hydrogens is 356 g/mol. The van der Waals surface area contributed by atoms with E-state index in [0.29, 0.717) is 16.6 Å². The second-order valence-electron chi connectivity index (χ2n) is 5.99. The molecule has 0 saturated heterocycles. The van der Waals surface area contributed by atoms with Gasteiger partial charge < -0.3 is 4.74 Å². The predicted octanol–water partition coefficient (Wildman–Crippen LogP) is 3.49. The maximum atomic E-state index is 12.3. The third kappa shape index (κ3) is 3.04. The SMILES string of the molecule is COc1c(-c2ccc(-c3ccccn3)cc2)nc2ccncc2c1C(=O)NO. The van der Waals surface area contributed by atoms with Crippen molar-refractivity contribution in [2.45, 2.75) is 0 Å². The number of benzene rings is 1. The average Bonchev–Trinajstić information content (AvgIpc) is 2.78. The molecule has 2 N–H and O–H groups in total. The highest BCUT2D eigenvalue weighted by atomic mass is 16.5. The number of fused-ring (bicyclic) bond motifs is 1. The van der Waals surface area contributed by atoms with Crippen molar-refractivity contribution in [2.75, 3.05) is 7.11 Å². The van der Waals surface area contributed by atoms with Crippen LogP contribution in [0.3, 0.4) is 0 Å². The van der Waals surface area contributed by atoms with Gasteiger partial charge in [-0.15, -0.1) is 0 Å². The third-order valence-electron chi connectivity index (χ3n) is 4.39. The summed E-state index contributed by atoms with van der Waals surface area (Å²) in [5.74, 6) is -0.429. The van der Waals surface area contributed by atoms with Crippen molar-refractivity contribution < 1.29 is 14.7 Å². The van der Waals surface area contributed by atoms with E-state index in [1.54, 1.807) is 23.9 Å². The molecule has 138 valence electrons. The molecular formula is C21H16N4O3. The number of rotatable bonds is 4. The standard InChI is InChI=1S/C21H16N4O3/c1-28-20-18(21(26)25-27)15-12-22-11-9-17(15)24-19(20)14-7-5-13(6-8-14)16-4-2-3-10-23-16/h2-12,27H,1H3,(H,25,26). The Morgan fingerprint density at radius 2 is 1.82 bits per heavy atom. The van der Waals surface area contributed by atoms with E-state index in [0.717, 1.165) is 16.8 Å². The highest BCUT2D eigenvalue weighted by Crippen LogP contribution is 2.36. The molecule has 7 heteroatoms. The van der Waals surface area contributed by atoms with Gasteiger partial charge in [0.25, 0.3) is 5.91 Å². The lowest BCUT2D eigenvalue weighted by atomic mass is 10.0. The van der Waals surface area contributed by atoms with Crippen molar-refractivity contribution in [3.63, 3.8) is 0 Å². The molecule has 4 aromatic rings. The molecule has 0 fully saturated rings. The molecule has 0 radical (unpaired) electrons. The van der Waals surface area contributed by atoms with Crippen LogP contribution in [0.25, 0.3) is 33.4 Å². The Hall–Kier alpha value is -3.84. The van der Waals surface area contributed by atoms with Gasteiger partial charge >= 0.3 is 0 Å². The van der Waals surface area contributed by atoms with Crippen LogP contribution in [0.1, 0.15) is 10.4 Å². The molecule has 0 aliphatic rings. The molecule has 3 heterocycles. The fraction of sp³-hybridized carbons (Fsp3) is 0.0476. The maximum Gasteiger partial charge on any atom is 0.279 e. The quantitative estimate of drug-likeness (QED) is 0.420. The number of carbonyl (C=O) groups is 1. The van der Waals surface area contributed by atoms with Crippen LogP contribution >= 0.6 is 0 Å². The number of ether oxygens (including phenoxy) is 1. The number of carbonyl (C=O) groups excluding carboxylic acids is 1. The summed E-state index contributed by atoms with van der Waals surface area (Å²) in [7, 11) is 1.46. The highest BCUT2D eigenvalue weighted by molar-refractivity contribution is 6.09. The fourth-order valence-electron chi connectivity index (χ4n) is 3.10. The van der Waals surface area contributed by atoms with E-state index in [-0.39, 0.29) is 11.3 Å². The number of nitrogens with one attached hydrogen (secondary N) is 1. The lowest BCUT2D eigenvalue weighted by Gasteiger charge is -2.15. The lowest BCUT2D eigenvalue weighted by Crippen LogP contribution is -2.20. The van der Waals surface area contributed by atoms with Crippen molar-refractivity contribution in [3.05, 3.63) is 72.7 Å². The van der Waals surface area contributed by atoms with E-state index in [9.17, 15) is 10.0 Å². The Balaban J connectivity index is 1.90. The number of nitrogens with zero attached hydrogens (tertiary/aromatic N) is 3. The Kier molecular flexibility index (Phi) is 4.65. The third-order valence-corrected chi connectivity index (χ3v) is 4.39. The average molecular weight is 372 g/mol. The maximum absolute atomic E-state index is 12.3. The van der Waals surface area contributed by atoms with Crippen LogP contribution in [-0.2, 0) is 0 Å². The number of amides is 1. The second kappa shape index (κ2) is 7.42. The van der Waals surface area contributed by atoms with Crippen molar-refractivity contribution in [2.24, 2.45) is 0 Å². The molecule has 0 aliphatic heterocycles. The van der Waals surface area contributed by atoms with Gasteiger partial charge in [-0.05, 0) is 18.2 Å². The first kappa shape index (κ1) is 17.6. The van der Waals surface area contributed by atoms with E-state index in [2.05, 4.69) is 15.0 Å². The number of hydrogen-bond donors (Lipinski definition) is 2. The minimum absolute atomic E-state index is 0.173. The van der Waals surface area contributed by atoms with Crippen LogP contribution in [0.15, 0.2) is 67.1 Å². The summed E-state index contributed by atoms with van der Waals surface area (Å²) in [5.41, 5.74) is 5.49. The zero-order chi connectivity index (χ0) is 19.5. The molecule has 7 nitrogen and oxygen atoms in total. The minimum Gasteiger partial charge on any atom is -0.494 e. The Morgan fingerprint density at radius 3 is 2.50 bits per heavy atom. The van der Waals surface area contributed by atoms with Crippen molar-refractivity contribution in [1.82, 2.24) is 20.4 Å². The summed E-state index contributed by atoms with van der Waals surface area (Å²) < 4.78 is 5.50. The van der Waals surface area contributed by atoms with E-state index in [1.807, 2.05) is 42.5 Å². The minimum atomic E-state index is -0.691. The van der Waals surface area contributed by atoms with E-state index in [4.69, 9.17) is 4.74 Å². The Bertz CT molecular complexity index is 1150. The molecule has 1 aromatic carbocycles. The van der Waals surface area contributed by atoms with E-state index >= 15 is 0 Å². The summed E-state index contributed by atoms with van der Waals surface area (Å²) in [5, 5.41) is 9.67. The van der Waals surface area contributed by atoms with Crippen LogP contribution < -0.4 is 10.2 Å². The number of methoxy groups -OCH3 is 1. The summed E-state index contributed by atoms with van der Waals surface area (Å²) in [6.45, 7) is 0. The summed E-state index contributed by atoms with van der Waals surface area (Å²) >= 11 is 0. The summed E-state index contributed by atoms with van der Waals surface area (Å²) in [6.07, 6.45) is 4.85. The van der Waals surface area contributed by atoms with Gasteiger partial charge in [-0.25, -0.2) is 10.5 Å². The molecule has 1 amide bonds. The van der Waals surface area contributed by atoms with Crippen LogP contribution in [0.4, 0.5) is 0 Å². The van der Waals surface area contributed by atoms with Gasteiger partial charge in [-0.2, -0.15) is 0 Å². The van der Waals surface area contributed by atoms with Gasteiger partial charge in [0.15, 0.2) is 5.75 Å². The van der Waals surface area contributed by atoms with Crippen LogP contribution in [0.5, 0.6) is 5.75 Å². The van der Waals surface area contributed by atoms with Crippen LogP contribution in [-0.4, -0.2) is 33.2 Å². The molecule has 0 atom stereocenters. The summed E-state index contributed by atoms with van der Waals surface area (Å²) in [6, 6.07) is 15.1. The highest BCUT2D eigenvalue weighted by Gasteiger charge is 2.22. The Morgan fingerprint density at radius 1 is 1.04 bits per heavy atom. The number of pyridine rings is 3. The summed E-state index contributed by atoms with van der Waals surface area (Å²) in [4.78, 5) is 25.4. The predicted molar refractivity (Wildman–Crippen MR) is 104 cm³/mol. The fourth-order valence-corrected chi connectivity index (χ4v) is 3.10. The van der Waals surface area contributed by atoms with Crippen LogP contribution in [0.2, 0.25) is 0 Å². The largest absolute Gasteiger partial charge is 0.494 e. The van der Waals surface area contributed by atoms with Gasteiger partial charge in [0.2, 0.25) is 0 Å². The Labute approximate surface area is 160 Å². The second-order valence-corrected chi connectivity index (χ2v) is 5.99. The van der Waals surface area contributed by atoms with Crippen LogP contribution in [0, 0.1) is 0 Å². The van der Waals surface area contributed by atoms with E-state index < -0.39 is 5.91 Å². The normalized spacial score (nSPS) is 10.6. The smallest absolute Gasteiger partial charge is 0.279 e. The molecule has 0 spiro atoms. The van der Waals surface area contributed by atoms with Gasteiger partial charge in [-0.1, -0.05) is 30.3 Å². The molecule has 0 unspecified atom stereocenters. The molecule has 0 bridgehead atoms. The lowest BCUT2D eigenvalue weighted by molar-refractivity contribution is 0.0705.